The van der Waals surface area contributed by atoms with Crippen LogP contribution in [0.2, 0.25) is 0 Å². The van der Waals surface area contributed by atoms with Gasteiger partial charge in [0.1, 0.15) is 6.10 Å². The van der Waals surface area contributed by atoms with Crippen LogP contribution < -0.4 is 5.73 Å². The van der Waals surface area contributed by atoms with E-state index in [1.165, 1.54) is 6.07 Å². The zero-order valence-corrected chi connectivity index (χ0v) is 8.81. The molecule has 0 amide bonds. The van der Waals surface area contributed by atoms with E-state index in [9.17, 15) is 25.1 Å². The van der Waals surface area contributed by atoms with Crippen molar-refractivity contribution in [3.63, 3.8) is 0 Å². The molecule has 2 atom stereocenters. The van der Waals surface area contributed by atoms with Gasteiger partial charge in [0.2, 0.25) is 0 Å². The Labute approximate surface area is 96.6 Å². The molecule has 0 aliphatic carbocycles. The third-order valence-electron chi connectivity index (χ3n) is 2.33. The zero-order valence-electron chi connectivity index (χ0n) is 8.81. The molecule has 0 bridgehead atoms. The Balaban J connectivity index is 3.17. The van der Waals surface area contributed by atoms with Crippen LogP contribution in [0.1, 0.15) is 22.0 Å². The number of benzene rings is 1. The van der Waals surface area contributed by atoms with E-state index in [0.717, 1.165) is 12.1 Å². The fourth-order valence-corrected chi connectivity index (χ4v) is 1.38. The third-order valence-corrected chi connectivity index (χ3v) is 2.33. The average Bonchev–Trinajstić information content (AvgIpc) is 2.35. The lowest BCUT2D eigenvalue weighted by molar-refractivity contribution is -0.384. The van der Waals surface area contributed by atoms with Crippen LogP contribution in [0.15, 0.2) is 18.2 Å². The van der Waals surface area contributed by atoms with Crippen LogP contribution in [-0.4, -0.2) is 34.1 Å². The Morgan fingerprint density at radius 2 is 2.12 bits per heavy atom. The highest BCUT2D eigenvalue weighted by molar-refractivity contribution is 5.79. The maximum atomic E-state index is 10.8. The summed E-state index contributed by atoms with van der Waals surface area (Å²) in [6.07, 6.45) is -2.19. The van der Waals surface area contributed by atoms with Gasteiger partial charge in [0.05, 0.1) is 11.0 Å². The standard InChI is InChI=1S/C10H12N2O5/c11-4-9(14)10(15)8-2-1-7(12(16)17)3-6(8)5-13/h1-3,5,9-10,14-15H,4,11H2. The monoisotopic (exact) mass is 240 g/mol. The Morgan fingerprint density at radius 1 is 1.47 bits per heavy atom. The summed E-state index contributed by atoms with van der Waals surface area (Å²) in [5, 5.41) is 29.5. The summed E-state index contributed by atoms with van der Waals surface area (Å²) in [5.74, 6) is 0. The summed E-state index contributed by atoms with van der Waals surface area (Å²) >= 11 is 0. The van der Waals surface area contributed by atoms with Crippen molar-refractivity contribution in [2.75, 3.05) is 6.54 Å². The molecule has 92 valence electrons. The van der Waals surface area contributed by atoms with Gasteiger partial charge < -0.3 is 15.9 Å². The molecule has 0 saturated carbocycles. The smallest absolute Gasteiger partial charge is 0.270 e. The molecule has 0 aromatic heterocycles. The van der Waals surface area contributed by atoms with Gasteiger partial charge in [0.25, 0.3) is 5.69 Å². The van der Waals surface area contributed by atoms with Gasteiger partial charge in [-0.05, 0) is 11.6 Å². The number of aliphatic hydroxyl groups is 2. The fourth-order valence-electron chi connectivity index (χ4n) is 1.38. The second kappa shape index (κ2) is 5.48. The van der Waals surface area contributed by atoms with Crippen molar-refractivity contribution in [1.29, 1.82) is 0 Å². The van der Waals surface area contributed by atoms with Gasteiger partial charge in [-0.25, -0.2) is 0 Å². The molecule has 7 heteroatoms. The van der Waals surface area contributed by atoms with Crippen molar-refractivity contribution in [1.82, 2.24) is 0 Å². The number of aliphatic hydroxyl groups excluding tert-OH is 2. The third kappa shape index (κ3) is 2.84. The molecular formula is C10H12N2O5. The molecule has 1 rings (SSSR count). The van der Waals surface area contributed by atoms with Crippen molar-refractivity contribution in [3.8, 4) is 0 Å². The first-order valence-electron chi connectivity index (χ1n) is 4.81. The molecule has 1 aromatic rings. The predicted molar refractivity (Wildman–Crippen MR) is 58.5 cm³/mol. The number of aldehydes is 1. The Bertz CT molecular complexity index is 435. The van der Waals surface area contributed by atoms with Crippen molar-refractivity contribution >= 4 is 12.0 Å². The summed E-state index contributed by atoms with van der Waals surface area (Å²) in [6.45, 7) is -0.184. The molecule has 0 aliphatic rings. The van der Waals surface area contributed by atoms with Gasteiger partial charge >= 0.3 is 0 Å². The van der Waals surface area contributed by atoms with Gasteiger partial charge in [-0.15, -0.1) is 0 Å². The lowest BCUT2D eigenvalue weighted by Gasteiger charge is -2.17. The van der Waals surface area contributed by atoms with Crippen LogP contribution in [0.25, 0.3) is 0 Å². The van der Waals surface area contributed by atoms with E-state index >= 15 is 0 Å². The molecule has 0 heterocycles. The summed E-state index contributed by atoms with van der Waals surface area (Å²) in [5.41, 5.74) is 4.99. The molecular weight excluding hydrogens is 228 g/mol. The minimum atomic E-state index is -1.35. The van der Waals surface area contributed by atoms with Crippen LogP contribution in [0.4, 0.5) is 5.69 Å². The largest absolute Gasteiger partial charge is 0.389 e. The molecule has 0 radical (unpaired) electrons. The first kappa shape index (κ1) is 13.2. The van der Waals surface area contributed by atoms with Crippen molar-refractivity contribution in [3.05, 3.63) is 39.4 Å². The first-order chi connectivity index (χ1) is 8.01. The van der Waals surface area contributed by atoms with Crippen LogP contribution in [0.5, 0.6) is 0 Å². The molecule has 0 spiro atoms. The van der Waals surface area contributed by atoms with Crippen molar-refractivity contribution < 1.29 is 19.9 Å². The normalized spacial score (nSPS) is 14.1. The molecule has 17 heavy (non-hydrogen) atoms. The summed E-state index contributed by atoms with van der Waals surface area (Å²) in [7, 11) is 0. The highest BCUT2D eigenvalue weighted by Crippen LogP contribution is 2.24. The topological polar surface area (TPSA) is 127 Å². The number of nitro groups is 1. The maximum Gasteiger partial charge on any atom is 0.270 e. The van der Waals surface area contributed by atoms with E-state index < -0.39 is 17.1 Å². The van der Waals surface area contributed by atoms with Crippen LogP contribution in [0, 0.1) is 10.1 Å². The van der Waals surface area contributed by atoms with E-state index in [-0.39, 0.29) is 23.4 Å². The van der Waals surface area contributed by atoms with E-state index in [4.69, 9.17) is 5.73 Å². The molecule has 0 saturated heterocycles. The lowest BCUT2D eigenvalue weighted by Crippen LogP contribution is -2.27. The van der Waals surface area contributed by atoms with Crippen LogP contribution in [-0.2, 0) is 0 Å². The number of carbonyl (C=O) groups is 1. The fraction of sp³-hybridized carbons (Fsp3) is 0.300. The van der Waals surface area contributed by atoms with Crippen molar-refractivity contribution in [2.24, 2.45) is 5.73 Å². The van der Waals surface area contributed by atoms with Crippen LogP contribution >= 0.6 is 0 Å². The lowest BCUT2D eigenvalue weighted by atomic mass is 9.98. The number of nitrogens with zero attached hydrogens (tertiary/aromatic N) is 1. The summed E-state index contributed by atoms with van der Waals surface area (Å²) in [4.78, 5) is 20.6. The molecule has 0 aliphatic heterocycles. The number of nitrogens with two attached hydrogens (primary N) is 1. The number of hydrogen-bond donors (Lipinski definition) is 3. The maximum absolute atomic E-state index is 10.8. The minimum Gasteiger partial charge on any atom is -0.389 e. The number of carbonyl (C=O) groups excluding carboxylic acids is 1. The van der Waals surface area contributed by atoms with Gasteiger partial charge in [-0.2, -0.15) is 0 Å². The molecule has 1 aromatic carbocycles. The molecule has 4 N–H and O–H groups in total. The van der Waals surface area contributed by atoms with E-state index in [2.05, 4.69) is 0 Å². The SMILES string of the molecule is NCC(O)C(O)c1ccc([N+](=O)[O-])cc1C=O. The predicted octanol–water partition coefficient (Wildman–Crippen LogP) is -0.240. The second-order valence-corrected chi connectivity index (χ2v) is 3.44. The highest BCUT2D eigenvalue weighted by Gasteiger charge is 2.21. The second-order valence-electron chi connectivity index (χ2n) is 3.44. The van der Waals surface area contributed by atoms with E-state index in [1.54, 1.807) is 0 Å². The number of rotatable bonds is 5. The Hall–Kier alpha value is -1.83. The number of nitro benzene ring substituents is 1. The highest BCUT2D eigenvalue weighted by atomic mass is 16.6. The van der Waals surface area contributed by atoms with Gasteiger partial charge in [0.15, 0.2) is 6.29 Å². The Kier molecular flexibility index (Phi) is 4.27. The first-order valence-corrected chi connectivity index (χ1v) is 4.81. The van der Waals surface area contributed by atoms with Gasteiger partial charge in [-0.3, -0.25) is 14.9 Å². The molecule has 2 unspecified atom stereocenters. The number of non-ortho nitro benzene ring substituents is 1. The average molecular weight is 240 g/mol. The Morgan fingerprint density at radius 3 is 2.59 bits per heavy atom. The number of hydrogen-bond acceptors (Lipinski definition) is 6. The van der Waals surface area contributed by atoms with Gasteiger partial charge in [-0.1, -0.05) is 0 Å². The molecule has 7 nitrogen and oxygen atoms in total. The van der Waals surface area contributed by atoms with Crippen LogP contribution in [0.3, 0.4) is 0 Å². The summed E-state index contributed by atoms with van der Waals surface area (Å²) < 4.78 is 0. The summed E-state index contributed by atoms with van der Waals surface area (Å²) in [6, 6.07) is 3.41. The van der Waals surface area contributed by atoms with E-state index in [0.29, 0.717) is 6.29 Å². The quantitative estimate of drug-likeness (QED) is 0.370. The van der Waals surface area contributed by atoms with Crippen molar-refractivity contribution in [2.45, 2.75) is 12.2 Å². The van der Waals surface area contributed by atoms with E-state index in [1.807, 2.05) is 0 Å². The zero-order chi connectivity index (χ0) is 13.0. The molecule has 0 fully saturated rings. The van der Waals surface area contributed by atoms with Gasteiger partial charge in [0, 0.05) is 24.2 Å². The minimum absolute atomic E-state index is 0.0424.